The molecule has 6 heteroatoms. The van der Waals surface area contributed by atoms with Crippen molar-refractivity contribution >= 4 is 34.8 Å². The Kier molecular flexibility index (Phi) is 5.16. The van der Waals surface area contributed by atoms with E-state index >= 15 is 0 Å². The van der Waals surface area contributed by atoms with Crippen molar-refractivity contribution in [3.63, 3.8) is 0 Å². The summed E-state index contributed by atoms with van der Waals surface area (Å²) in [5.74, 6) is -0.659. The van der Waals surface area contributed by atoms with Gasteiger partial charge >= 0.3 is 0 Å². The Hall–Kier alpha value is -3.05. The third-order valence-corrected chi connectivity index (χ3v) is 5.62. The Morgan fingerprint density at radius 3 is 2.31 bits per heavy atom. The smallest absolute Gasteiger partial charge is 0.229 e. The Morgan fingerprint density at radius 2 is 1.66 bits per heavy atom. The number of para-hydroxylation sites is 1. The third-order valence-electron chi connectivity index (χ3n) is 5.30. The Morgan fingerprint density at radius 1 is 1.00 bits per heavy atom. The van der Waals surface area contributed by atoms with Gasteiger partial charge in [0.25, 0.3) is 0 Å². The summed E-state index contributed by atoms with van der Waals surface area (Å²) in [6.45, 7) is 4.45. The fourth-order valence-electron chi connectivity index (χ4n) is 3.80. The molecule has 29 heavy (non-hydrogen) atoms. The number of hydrogen-bond donors (Lipinski definition) is 1. The van der Waals surface area contributed by atoms with Crippen LogP contribution in [-0.2, 0) is 9.59 Å². The SMILES string of the molecule is Cc1ccc(C)n1-c1ccc(NC(=O)[C@H]2CC(=O)N(c3ccccc3Cl)C2)cc1. The van der Waals surface area contributed by atoms with Crippen molar-refractivity contribution in [2.45, 2.75) is 20.3 Å². The molecule has 1 fully saturated rings. The molecule has 1 aliphatic heterocycles. The zero-order chi connectivity index (χ0) is 20.5. The molecule has 1 aromatic heterocycles. The van der Waals surface area contributed by atoms with Crippen LogP contribution in [0.5, 0.6) is 0 Å². The van der Waals surface area contributed by atoms with Crippen molar-refractivity contribution in [2.24, 2.45) is 5.92 Å². The molecule has 0 aliphatic carbocycles. The average molecular weight is 408 g/mol. The zero-order valence-corrected chi connectivity index (χ0v) is 17.1. The van der Waals surface area contributed by atoms with E-state index in [1.54, 1.807) is 17.0 Å². The van der Waals surface area contributed by atoms with Crippen LogP contribution >= 0.6 is 11.6 Å². The lowest BCUT2D eigenvalue weighted by Gasteiger charge is -2.18. The van der Waals surface area contributed by atoms with E-state index in [0.29, 0.717) is 22.9 Å². The second-order valence-corrected chi connectivity index (χ2v) is 7.75. The van der Waals surface area contributed by atoms with Gasteiger partial charge in [0.2, 0.25) is 11.8 Å². The van der Waals surface area contributed by atoms with E-state index < -0.39 is 5.92 Å². The predicted molar refractivity (Wildman–Crippen MR) is 116 cm³/mol. The molecular formula is C23H22ClN3O2. The lowest BCUT2D eigenvalue weighted by molar-refractivity contribution is -0.122. The topological polar surface area (TPSA) is 54.3 Å². The van der Waals surface area contributed by atoms with E-state index in [0.717, 1.165) is 17.1 Å². The molecule has 3 aromatic rings. The van der Waals surface area contributed by atoms with Crippen LogP contribution in [0, 0.1) is 19.8 Å². The number of benzene rings is 2. The number of halogens is 1. The molecule has 1 aliphatic rings. The minimum Gasteiger partial charge on any atom is -0.326 e. The molecule has 0 spiro atoms. The molecule has 0 saturated carbocycles. The normalized spacial score (nSPS) is 16.3. The Balaban J connectivity index is 1.45. The van der Waals surface area contributed by atoms with Gasteiger partial charge < -0.3 is 14.8 Å². The minimum absolute atomic E-state index is 0.0906. The number of nitrogens with zero attached hydrogens (tertiary/aromatic N) is 2. The van der Waals surface area contributed by atoms with Crippen molar-refractivity contribution in [3.05, 3.63) is 77.1 Å². The van der Waals surface area contributed by atoms with Gasteiger partial charge in [-0.25, -0.2) is 0 Å². The first kappa shape index (κ1) is 19.3. The molecule has 1 atom stereocenters. The van der Waals surface area contributed by atoms with Gasteiger partial charge in [0.1, 0.15) is 0 Å². The van der Waals surface area contributed by atoms with E-state index in [9.17, 15) is 9.59 Å². The monoisotopic (exact) mass is 407 g/mol. The molecule has 2 amide bonds. The second-order valence-electron chi connectivity index (χ2n) is 7.34. The van der Waals surface area contributed by atoms with Gasteiger partial charge in [-0.1, -0.05) is 23.7 Å². The van der Waals surface area contributed by atoms with Crippen molar-refractivity contribution < 1.29 is 9.59 Å². The first-order valence-electron chi connectivity index (χ1n) is 9.55. The minimum atomic E-state index is -0.410. The number of hydrogen-bond acceptors (Lipinski definition) is 2. The molecule has 0 radical (unpaired) electrons. The van der Waals surface area contributed by atoms with Crippen LogP contribution in [0.3, 0.4) is 0 Å². The van der Waals surface area contributed by atoms with Gasteiger partial charge in [-0.2, -0.15) is 0 Å². The van der Waals surface area contributed by atoms with Crippen LogP contribution in [0.15, 0.2) is 60.7 Å². The fraction of sp³-hybridized carbons (Fsp3) is 0.217. The van der Waals surface area contributed by atoms with Gasteiger partial charge in [-0.05, 0) is 62.4 Å². The lowest BCUT2D eigenvalue weighted by Crippen LogP contribution is -2.28. The number of nitrogens with one attached hydrogen (secondary N) is 1. The number of aryl methyl sites for hydroxylation is 2. The maximum Gasteiger partial charge on any atom is 0.229 e. The first-order chi connectivity index (χ1) is 13.9. The standard InChI is InChI=1S/C23H22ClN3O2/c1-15-7-8-16(2)27(15)19-11-9-18(10-12-19)25-23(29)17-13-22(28)26(14-17)21-6-4-3-5-20(21)24/h3-12,17H,13-14H2,1-2H3,(H,25,29)/t17-/m0/s1. The van der Waals surface area contributed by atoms with Crippen LogP contribution < -0.4 is 10.2 Å². The van der Waals surface area contributed by atoms with E-state index in [1.807, 2.05) is 36.4 Å². The summed E-state index contributed by atoms with van der Waals surface area (Å²) in [6.07, 6.45) is 0.177. The highest BCUT2D eigenvalue weighted by molar-refractivity contribution is 6.33. The molecule has 0 unspecified atom stereocenters. The zero-order valence-electron chi connectivity index (χ0n) is 16.4. The maximum absolute atomic E-state index is 12.7. The van der Waals surface area contributed by atoms with Crippen LogP contribution in [0.1, 0.15) is 17.8 Å². The fourth-order valence-corrected chi connectivity index (χ4v) is 4.04. The van der Waals surface area contributed by atoms with Gasteiger partial charge in [0.15, 0.2) is 0 Å². The van der Waals surface area contributed by atoms with Crippen molar-refractivity contribution in [3.8, 4) is 5.69 Å². The van der Waals surface area contributed by atoms with Crippen LogP contribution in [0.4, 0.5) is 11.4 Å². The first-order valence-corrected chi connectivity index (χ1v) is 9.93. The maximum atomic E-state index is 12.7. The van der Waals surface area contributed by atoms with E-state index in [1.165, 1.54) is 0 Å². The number of carbonyl (C=O) groups excluding carboxylic acids is 2. The summed E-state index contributed by atoms with van der Waals surface area (Å²) >= 11 is 6.21. The molecule has 5 nitrogen and oxygen atoms in total. The quantitative estimate of drug-likeness (QED) is 0.679. The van der Waals surface area contributed by atoms with E-state index in [2.05, 4.69) is 35.9 Å². The van der Waals surface area contributed by atoms with Gasteiger partial charge in [-0.15, -0.1) is 0 Å². The number of anilines is 2. The van der Waals surface area contributed by atoms with Crippen LogP contribution in [0.2, 0.25) is 5.02 Å². The highest BCUT2D eigenvalue weighted by Gasteiger charge is 2.35. The largest absolute Gasteiger partial charge is 0.326 e. The predicted octanol–water partition coefficient (Wildman–Crippen LogP) is 4.74. The summed E-state index contributed by atoms with van der Waals surface area (Å²) < 4.78 is 2.16. The number of carbonyl (C=O) groups is 2. The summed E-state index contributed by atoms with van der Waals surface area (Å²) in [7, 11) is 0. The van der Waals surface area contributed by atoms with Gasteiger partial charge in [0, 0.05) is 35.7 Å². The molecule has 1 N–H and O–H groups in total. The number of rotatable bonds is 4. The van der Waals surface area contributed by atoms with Crippen LogP contribution in [-0.4, -0.2) is 22.9 Å². The van der Waals surface area contributed by atoms with Crippen LogP contribution in [0.25, 0.3) is 5.69 Å². The van der Waals surface area contributed by atoms with Gasteiger partial charge in [0.05, 0.1) is 16.6 Å². The average Bonchev–Trinajstić information content (AvgIpc) is 3.25. The molecule has 0 bridgehead atoms. The molecule has 2 aromatic carbocycles. The van der Waals surface area contributed by atoms with Crippen molar-refractivity contribution in [1.29, 1.82) is 0 Å². The summed E-state index contributed by atoms with van der Waals surface area (Å²) in [5, 5.41) is 3.44. The second kappa shape index (κ2) is 7.76. The number of aromatic nitrogens is 1. The highest BCUT2D eigenvalue weighted by Crippen LogP contribution is 2.31. The van der Waals surface area contributed by atoms with Crippen molar-refractivity contribution in [2.75, 3.05) is 16.8 Å². The molecule has 1 saturated heterocycles. The molecule has 2 heterocycles. The van der Waals surface area contributed by atoms with E-state index in [4.69, 9.17) is 11.6 Å². The Labute approximate surface area is 174 Å². The molecule has 4 rings (SSSR count). The molecular weight excluding hydrogens is 386 g/mol. The summed E-state index contributed by atoms with van der Waals surface area (Å²) in [6, 6.07) is 19.1. The summed E-state index contributed by atoms with van der Waals surface area (Å²) in [5.41, 5.74) is 4.72. The Bertz CT molecular complexity index is 1050. The molecule has 148 valence electrons. The van der Waals surface area contributed by atoms with Gasteiger partial charge in [-0.3, -0.25) is 9.59 Å². The van der Waals surface area contributed by atoms with E-state index in [-0.39, 0.29) is 18.2 Å². The summed E-state index contributed by atoms with van der Waals surface area (Å²) in [4.78, 5) is 26.7. The third kappa shape index (κ3) is 3.78. The number of amides is 2. The van der Waals surface area contributed by atoms with Crippen molar-refractivity contribution in [1.82, 2.24) is 4.57 Å². The lowest BCUT2D eigenvalue weighted by atomic mass is 10.1. The highest BCUT2D eigenvalue weighted by atomic mass is 35.5.